The number of hydrogen-bond donors (Lipinski definition) is 1. The van der Waals surface area contributed by atoms with Gasteiger partial charge in [0.2, 0.25) is 0 Å². The van der Waals surface area contributed by atoms with Crippen LogP contribution in [0, 0.1) is 5.92 Å². The van der Waals surface area contributed by atoms with Crippen molar-refractivity contribution in [3.05, 3.63) is 35.4 Å². The number of carbonyl (C=O) groups is 1. The highest BCUT2D eigenvalue weighted by atomic mass is 16.1. The number of benzene rings is 1. The number of carbonyl (C=O) groups excluding carboxylic acids is 1. The lowest BCUT2D eigenvalue weighted by Crippen LogP contribution is -2.12. The van der Waals surface area contributed by atoms with Gasteiger partial charge in [-0.1, -0.05) is 31.2 Å². The van der Waals surface area contributed by atoms with Crippen LogP contribution in [0.3, 0.4) is 0 Å². The first-order valence-corrected chi connectivity index (χ1v) is 4.50. The van der Waals surface area contributed by atoms with Crippen LogP contribution in [0.1, 0.15) is 22.8 Å². The Balaban J connectivity index is 2.63. The molecule has 1 rings (SSSR count). The summed E-state index contributed by atoms with van der Waals surface area (Å²) >= 11 is 0. The number of rotatable bonds is 4. The minimum absolute atomic E-state index is 0.502. The largest absolute Gasteiger partial charge is 0.330 e. The van der Waals surface area contributed by atoms with Gasteiger partial charge in [-0.25, -0.2) is 0 Å². The first-order valence-electron chi connectivity index (χ1n) is 4.50. The zero-order valence-electron chi connectivity index (χ0n) is 7.86. The Morgan fingerprint density at radius 1 is 1.38 bits per heavy atom. The van der Waals surface area contributed by atoms with Crippen molar-refractivity contribution in [2.24, 2.45) is 11.7 Å². The molecule has 0 aliphatic rings. The lowest BCUT2D eigenvalue weighted by atomic mass is 10.0. The summed E-state index contributed by atoms with van der Waals surface area (Å²) in [6, 6.07) is 7.64. The summed E-state index contributed by atoms with van der Waals surface area (Å²) in [6.45, 7) is 2.82. The minimum atomic E-state index is 0.502. The molecule has 0 radical (unpaired) electrons. The highest BCUT2D eigenvalue weighted by Gasteiger charge is 2.00. The molecule has 0 saturated heterocycles. The topological polar surface area (TPSA) is 43.1 Å². The third-order valence-corrected chi connectivity index (χ3v) is 2.10. The van der Waals surface area contributed by atoms with Gasteiger partial charge < -0.3 is 5.73 Å². The average Bonchev–Trinajstić information content (AvgIpc) is 2.19. The SMILES string of the molecule is CC(CN)Cc1ccc(C=O)cc1. The van der Waals surface area contributed by atoms with Gasteiger partial charge in [-0.15, -0.1) is 0 Å². The van der Waals surface area contributed by atoms with Crippen LogP contribution < -0.4 is 5.73 Å². The van der Waals surface area contributed by atoms with Gasteiger partial charge >= 0.3 is 0 Å². The van der Waals surface area contributed by atoms with Crippen molar-refractivity contribution in [1.29, 1.82) is 0 Å². The number of hydrogen-bond acceptors (Lipinski definition) is 2. The van der Waals surface area contributed by atoms with Crippen LogP contribution in [0.25, 0.3) is 0 Å². The molecular formula is C11H15NO. The van der Waals surface area contributed by atoms with Crippen LogP contribution >= 0.6 is 0 Å². The third-order valence-electron chi connectivity index (χ3n) is 2.10. The maximum absolute atomic E-state index is 10.4. The maximum Gasteiger partial charge on any atom is 0.150 e. The number of nitrogens with two attached hydrogens (primary N) is 1. The Morgan fingerprint density at radius 2 is 2.00 bits per heavy atom. The molecule has 2 N–H and O–H groups in total. The molecule has 13 heavy (non-hydrogen) atoms. The average molecular weight is 177 g/mol. The Kier molecular flexibility index (Phi) is 3.65. The lowest BCUT2D eigenvalue weighted by Gasteiger charge is -2.07. The van der Waals surface area contributed by atoms with Crippen LogP contribution in [-0.2, 0) is 6.42 Å². The molecule has 0 aromatic heterocycles. The van der Waals surface area contributed by atoms with Crippen LogP contribution in [0.5, 0.6) is 0 Å². The fourth-order valence-corrected chi connectivity index (χ4v) is 1.22. The lowest BCUT2D eigenvalue weighted by molar-refractivity contribution is 0.112. The van der Waals surface area contributed by atoms with Gasteiger partial charge in [0, 0.05) is 5.56 Å². The highest BCUT2D eigenvalue weighted by Crippen LogP contribution is 2.08. The molecule has 70 valence electrons. The molecule has 0 bridgehead atoms. The van der Waals surface area contributed by atoms with Crippen molar-refractivity contribution in [3.63, 3.8) is 0 Å². The maximum atomic E-state index is 10.4. The second-order valence-corrected chi connectivity index (χ2v) is 3.40. The Labute approximate surface area is 78.8 Å². The van der Waals surface area contributed by atoms with Crippen LogP contribution in [0.2, 0.25) is 0 Å². The summed E-state index contributed by atoms with van der Waals surface area (Å²) < 4.78 is 0. The molecule has 0 aliphatic heterocycles. The molecule has 0 aliphatic carbocycles. The van der Waals surface area contributed by atoms with E-state index in [4.69, 9.17) is 5.73 Å². The monoisotopic (exact) mass is 177 g/mol. The van der Waals surface area contributed by atoms with E-state index in [1.165, 1.54) is 5.56 Å². The van der Waals surface area contributed by atoms with E-state index in [1.807, 2.05) is 24.3 Å². The van der Waals surface area contributed by atoms with Crippen molar-refractivity contribution >= 4 is 6.29 Å². The van der Waals surface area contributed by atoms with Gasteiger partial charge in [-0.05, 0) is 24.4 Å². The molecule has 0 saturated carbocycles. The molecule has 1 unspecified atom stereocenters. The van der Waals surface area contributed by atoms with E-state index in [2.05, 4.69) is 6.92 Å². The number of aldehydes is 1. The van der Waals surface area contributed by atoms with E-state index in [0.29, 0.717) is 12.5 Å². The normalized spacial score (nSPS) is 12.5. The second-order valence-electron chi connectivity index (χ2n) is 3.40. The van der Waals surface area contributed by atoms with E-state index in [-0.39, 0.29) is 0 Å². The molecule has 0 spiro atoms. The molecule has 0 heterocycles. The van der Waals surface area contributed by atoms with E-state index in [0.717, 1.165) is 18.3 Å². The van der Waals surface area contributed by atoms with E-state index < -0.39 is 0 Å². The minimum Gasteiger partial charge on any atom is -0.330 e. The van der Waals surface area contributed by atoms with Crippen LogP contribution in [-0.4, -0.2) is 12.8 Å². The standard InChI is InChI=1S/C11H15NO/c1-9(7-12)6-10-2-4-11(8-13)5-3-10/h2-5,8-9H,6-7,12H2,1H3. The Hall–Kier alpha value is -1.15. The summed E-state index contributed by atoms with van der Waals surface area (Å²) in [6.07, 6.45) is 1.84. The van der Waals surface area contributed by atoms with Crippen LogP contribution in [0.4, 0.5) is 0 Å². The fourth-order valence-electron chi connectivity index (χ4n) is 1.22. The molecule has 2 heteroatoms. The molecule has 2 nitrogen and oxygen atoms in total. The van der Waals surface area contributed by atoms with E-state index in [9.17, 15) is 4.79 Å². The van der Waals surface area contributed by atoms with Crippen molar-refractivity contribution in [3.8, 4) is 0 Å². The van der Waals surface area contributed by atoms with Crippen molar-refractivity contribution in [2.45, 2.75) is 13.3 Å². The van der Waals surface area contributed by atoms with Gasteiger partial charge in [0.25, 0.3) is 0 Å². The van der Waals surface area contributed by atoms with Crippen molar-refractivity contribution < 1.29 is 4.79 Å². The predicted octanol–water partition coefficient (Wildman–Crippen LogP) is 1.64. The van der Waals surface area contributed by atoms with Gasteiger partial charge in [0.05, 0.1) is 0 Å². The summed E-state index contributed by atoms with van der Waals surface area (Å²) in [5, 5.41) is 0. The van der Waals surface area contributed by atoms with Gasteiger partial charge in [0.15, 0.2) is 0 Å². The summed E-state index contributed by atoms with van der Waals surface area (Å²) in [5.41, 5.74) is 7.49. The molecule has 1 atom stereocenters. The first kappa shape index (κ1) is 9.93. The molecule has 1 aromatic rings. The zero-order valence-corrected chi connectivity index (χ0v) is 7.86. The summed E-state index contributed by atoms with van der Waals surface area (Å²) in [4.78, 5) is 10.4. The van der Waals surface area contributed by atoms with Gasteiger partial charge in [0.1, 0.15) is 6.29 Å². The summed E-state index contributed by atoms with van der Waals surface area (Å²) in [5.74, 6) is 0.502. The zero-order chi connectivity index (χ0) is 9.68. The van der Waals surface area contributed by atoms with Gasteiger partial charge in [-0.2, -0.15) is 0 Å². The second kappa shape index (κ2) is 4.77. The smallest absolute Gasteiger partial charge is 0.150 e. The highest BCUT2D eigenvalue weighted by molar-refractivity contribution is 5.74. The molecule has 0 amide bonds. The Bertz CT molecular complexity index is 266. The van der Waals surface area contributed by atoms with Crippen LogP contribution in [0.15, 0.2) is 24.3 Å². The predicted molar refractivity (Wildman–Crippen MR) is 53.8 cm³/mol. The molecular weight excluding hydrogens is 162 g/mol. The molecule has 0 fully saturated rings. The Morgan fingerprint density at radius 3 is 2.46 bits per heavy atom. The summed E-state index contributed by atoms with van der Waals surface area (Å²) in [7, 11) is 0. The van der Waals surface area contributed by atoms with E-state index >= 15 is 0 Å². The molecule has 1 aromatic carbocycles. The van der Waals surface area contributed by atoms with Crippen molar-refractivity contribution in [2.75, 3.05) is 6.54 Å². The van der Waals surface area contributed by atoms with Gasteiger partial charge in [-0.3, -0.25) is 4.79 Å². The van der Waals surface area contributed by atoms with E-state index in [1.54, 1.807) is 0 Å². The van der Waals surface area contributed by atoms with Crippen molar-refractivity contribution in [1.82, 2.24) is 0 Å². The quantitative estimate of drug-likeness (QED) is 0.710. The third kappa shape index (κ3) is 2.99. The fraction of sp³-hybridized carbons (Fsp3) is 0.364. The first-order chi connectivity index (χ1) is 6.26.